The van der Waals surface area contributed by atoms with Crippen LogP contribution in [0.2, 0.25) is 0 Å². The molecule has 9 nitrogen and oxygen atoms in total. The average molecular weight is 1020 g/mol. The van der Waals surface area contributed by atoms with Crippen LogP contribution < -0.4 is 0 Å². The number of fused-ring (bicyclic) bond motifs is 3. The van der Waals surface area contributed by atoms with E-state index in [4.69, 9.17) is 19.9 Å². The van der Waals surface area contributed by atoms with Gasteiger partial charge in [0.2, 0.25) is 0 Å². The number of hydrogen-bond donors (Lipinski definition) is 0. The molecule has 0 amide bonds. The highest BCUT2D eigenvalue weighted by Gasteiger charge is 2.35. The predicted octanol–water partition coefficient (Wildman–Crippen LogP) is 16.2. The van der Waals surface area contributed by atoms with Crippen LogP contribution in [-0.4, -0.2) is 24.5 Å². The van der Waals surface area contributed by atoms with Crippen LogP contribution in [0.5, 0.6) is 0 Å². The Morgan fingerprint density at radius 3 is 1.10 bits per heavy atom. The molecule has 12 rings (SSSR count). The van der Waals surface area contributed by atoms with Gasteiger partial charge < -0.3 is 4.57 Å². The Labute approximate surface area is 450 Å². The van der Waals surface area contributed by atoms with Gasteiger partial charge in [-0.1, -0.05) is 146 Å². The van der Waals surface area contributed by atoms with Crippen molar-refractivity contribution in [3.8, 4) is 120 Å². The molecule has 9 aromatic carbocycles. The molecule has 0 unspecified atom stereocenters. The van der Waals surface area contributed by atoms with Crippen LogP contribution >= 0.6 is 0 Å². The van der Waals surface area contributed by atoms with Gasteiger partial charge in [0.1, 0.15) is 0 Å². The molecular formula is C67H36F3N9. The molecule has 0 aliphatic carbocycles. The normalized spacial score (nSPS) is 11.2. The average Bonchev–Trinajstić information content (AvgIpc) is 4.08. The quantitative estimate of drug-likeness (QED) is 0.139. The molecule has 0 aliphatic heterocycles. The molecule has 79 heavy (non-hydrogen) atoms. The molecule has 370 valence electrons. The number of alkyl halides is 3. The van der Waals surface area contributed by atoms with E-state index in [1.807, 2.05) is 168 Å². The second-order valence-corrected chi connectivity index (χ2v) is 18.7. The Bertz CT molecular complexity index is 4110. The van der Waals surface area contributed by atoms with E-state index in [1.165, 1.54) is 12.1 Å². The first kappa shape index (κ1) is 48.6. The third-order valence-corrected chi connectivity index (χ3v) is 13.7. The first-order chi connectivity index (χ1) is 38.5. The number of benzene rings is 9. The Balaban J connectivity index is 1.29. The first-order valence-electron chi connectivity index (χ1n) is 24.8. The summed E-state index contributed by atoms with van der Waals surface area (Å²) in [4.78, 5) is 20.5. The van der Waals surface area contributed by atoms with E-state index in [2.05, 4.69) is 24.3 Å². The van der Waals surface area contributed by atoms with E-state index in [9.17, 15) is 21.0 Å². The van der Waals surface area contributed by atoms with Crippen molar-refractivity contribution in [3.63, 3.8) is 0 Å². The third kappa shape index (κ3) is 9.36. The van der Waals surface area contributed by atoms with Crippen molar-refractivity contribution in [1.82, 2.24) is 24.5 Å². The fourth-order valence-corrected chi connectivity index (χ4v) is 10.0. The second-order valence-electron chi connectivity index (χ2n) is 18.7. The van der Waals surface area contributed by atoms with Gasteiger partial charge in [-0.2, -0.15) is 34.2 Å². The molecule has 0 saturated heterocycles. The summed E-state index contributed by atoms with van der Waals surface area (Å²) < 4.78 is 50.2. The van der Waals surface area contributed by atoms with Crippen LogP contribution in [0.25, 0.3) is 118 Å². The lowest BCUT2D eigenvalue weighted by molar-refractivity contribution is -0.137. The van der Waals surface area contributed by atoms with Crippen molar-refractivity contribution < 1.29 is 13.2 Å². The molecule has 12 aromatic rings. The lowest BCUT2D eigenvalue weighted by Crippen LogP contribution is -2.11. The van der Waals surface area contributed by atoms with Crippen molar-refractivity contribution >= 4 is 21.8 Å². The van der Waals surface area contributed by atoms with Gasteiger partial charge in [-0.25, -0.2) is 19.9 Å². The second kappa shape index (κ2) is 20.1. The molecule has 0 atom stereocenters. The van der Waals surface area contributed by atoms with E-state index in [-0.39, 0.29) is 56.4 Å². The molecule has 0 aliphatic rings. The van der Waals surface area contributed by atoms with Crippen LogP contribution in [0.3, 0.4) is 0 Å². The third-order valence-electron chi connectivity index (χ3n) is 13.7. The summed E-state index contributed by atoms with van der Waals surface area (Å²) >= 11 is 0. The largest absolute Gasteiger partial charge is 0.416 e. The van der Waals surface area contributed by atoms with Crippen molar-refractivity contribution in [2.75, 3.05) is 0 Å². The molecule has 3 heterocycles. The first-order valence-corrected chi connectivity index (χ1v) is 24.8. The zero-order valence-corrected chi connectivity index (χ0v) is 41.4. The Hall–Kier alpha value is -11.3. The zero-order chi connectivity index (χ0) is 54.2. The molecule has 12 heteroatoms. The van der Waals surface area contributed by atoms with Crippen LogP contribution in [0, 0.1) is 45.3 Å². The highest BCUT2D eigenvalue weighted by molar-refractivity contribution is 6.12. The summed E-state index contributed by atoms with van der Waals surface area (Å²) in [5, 5.41) is 41.8. The summed E-state index contributed by atoms with van der Waals surface area (Å²) in [6.45, 7) is 0. The van der Waals surface area contributed by atoms with Gasteiger partial charge in [-0.05, 0) is 95.1 Å². The van der Waals surface area contributed by atoms with E-state index in [0.29, 0.717) is 83.4 Å². The maximum Gasteiger partial charge on any atom is 0.416 e. The molecule has 0 radical (unpaired) electrons. The maximum absolute atomic E-state index is 16.1. The van der Waals surface area contributed by atoms with Gasteiger partial charge in [-0.15, -0.1) is 0 Å². The summed E-state index contributed by atoms with van der Waals surface area (Å²) in [7, 11) is 0. The van der Waals surface area contributed by atoms with Crippen molar-refractivity contribution in [1.29, 1.82) is 21.0 Å². The summed E-state index contributed by atoms with van der Waals surface area (Å²) in [6, 6.07) is 72.8. The standard InChI is InChI=1S/C67H36F3N9/c68-67(69,70)53-33-56(61-36-60(47-17-9-3-10-18-47)75-65(78-61)48-19-11-4-12-20-48)64(57(34-53)66-76-58(45-13-5-1-6-14-45)35-59(77-66)46-15-7-2-8-16-46)79-62-31-49(51-27-41(37-71)25-42(28-51)38-72)21-23-54(62)55-24-22-50(32-63(55)79)52-29-43(39-73)26-44(30-52)40-74/h1-36H. The Kier molecular flexibility index (Phi) is 12.4. The minimum Gasteiger partial charge on any atom is -0.308 e. The SMILES string of the molecule is N#Cc1cc(C#N)cc(-c2ccc3c4ccc(-c5cc(C#N)cc(C#N)c5)cc4n(-c4c(-c5cc(-c6ccccc6)nc(-c6ccccc6)n5)cc(C(F)(F)F)cc4-c4nc(-c5ccccc5)cc(-c5ccccc5)n4)c3c2)c1. The van der Waals surface area contributed by atoms with Gasteiger partial charge >= 0.3 is 6.18 Å². The number of nitrogens with zero attached hydrogens (tertiary/aromatic N) is 9. The van der Waals surface area contributed by atoms with E-state index < -0.39 is 11.7 Å². The van der Waals surface area contributed by atoms with Gasteiger partial charge in [-0.3, -0.25) is 0 Å². The van der Waals surface area contributed by atoms with Crippen LogP contribution in [0.4, 0.5) is 13.2 Å². The summed E-state index contributed by atoms with van der Waals surface area (Å²) in [6.07, 6.45) is -4.91. The van der Waals surface area contributed by atoms with Crippen LogP contribution in [0.1, 0.15) is 27.8 Å². The zero-order valence-electron chi connectivity index (χ0n) is 41.4. The minimum absolute atomic E-state index is 0.00650. The summed E-state index contributed by atoms with van der Waals surface area (Å²) in [5.41, 5.74) is 7.98. The number of nitriles is 4. The van der Waals surface area contributed by atoms with E-state index in [1.54, 1.807) is 30.3 Å². The molecule has 0 spiro atoms. The fourth-order valence-electron chi connectivity index (χ4n) is 10.0. The lowest BCUT2D eigenvalue weighted by Gasteiger charge is -2.22. The number of halogens is 3. The smallest absolute Gasteiger partial charge is 0.308 e. The molecule has 0 fully saturated rings. The molecule has 0 bridgehead atoms. The number of rotatable bonds is 9. The van der Waals surface area contributed by atoms with E-state index >= 15 is 13.2 Å². The van der Waals surface area contributed by atoms with Crippen molar-refractivity contribution in [3.05, 3.63) is 246 Å². The van der Waals surface area contributed by atoms with Crippen molar-refractivity contribution in [2.24, 2.45) is 0 Å². The molecule has 3 aromatic heterocycles. The van der Waals surface area contributed by atoms with Crippen LogP contribution in [0.15, 0.2) is 218 Å². The topological polar surface area (TPSA) is 152 Å². The molecule has 0 saturated carbocycles. The number of aromatic nitrogens is 5. The summed E-state index contributed by atoms with van der Waals surface area (Å²) in [5.74, 6) is 0.241. The monoisotopic (exact) mass is 1020 g/mol. The highest BCUT2D eigenvalue weighted by Crippen LogP contribution is 2.47. The molecule has 0 N–H and O–H groups in total. The molecular weight excluding hydrogens is 988 g/mol. The lowest BCUT2D eigenvalue weighted by atomic mass is 9.96. The van der Waals surface area contributed by atoms with Gasteiger partial charge in [0, 0.05) is 44.2 Å². The fraction of sp³-hybridized carbons (Fsp3) is 0.0149. The van der Waals surface area contributed by atoms with Crippen molar-refractivity contribution in [2.45, 2.75) is 6.18 Å². The van der Waals surface area contributed by atoms with Crippen LogP contribution in [-0.2, 0) is 6.18 Å². The van der Waals surface area contributed by atoms with Gasteiger partial charge in [0.25, 0.3) is 0 Å². The maximum atomic E-state index is 16.1. The minimum atomic E-state index is -4.91. The Morgan fingerprint density at radius 1 is 0.329 bits per heavy atom. The number of hydrogen-bond acceptors (Lipinski definition) is 8. The van der Waals surface area contributed by atoms with E-state index in [0.717, 1.165) is 12.1 Å². The Morgan fingerprint density at radius 2 is 0.696 bits per heavy atom. The van der Waals surface area contributed by atoms with Gasteiger partial charge in [0.15, 0.2) is 11.6 Å². The van der Waals surface area contributed by atoms with Gasteiger partial charge in [0.05, 0.1) is 91.6 Å². The highest BCUT2D eigenvalue weighted by atomic mass is 19.4. The predicted molar refractivity (Wildman–Crippen MR) is 299 cm³/mol.